The Bertz CT molecular complexity index is 157. The fraction of sp³-hybridized carbons (Fsp3) is 0.900. The van der Waals surface area contributed by atoms with E-state index in [0.29, 0.717) is 5.92 Å². The number of carbonyl (C=O) groups is 1. The molecule has 0 aromatic carbocycles. The first-order valence-electron chi connectivity index (χ1n) is 4.92. The van der Waals surface area contributed by atoms with E-state index >= 15 is 0 Å². The molecule has 0 aromatic heterocycles. The molecule has 13 heavy (non-hydrogen) atoms. The summed E-state index contributed by atoms with van der Waals surface area (Å²) in [5, 5.41) is 11.7. The van der Waals surface area contributed by atoms with Gasteiger partial charge in [-0.15, -0.1) is 0 Å². The number of hydrogen-bond donors (Lipinski definition) is 2. The van der Waals surface area contributed by atoms with Gasteiger partial charge in [-0.2, -0.15) is 0 Å². The lowest BCUT2D eigenvalue weighted by molar-refractivity contribution is -0.139. The molecule has 0 fully saturated rings. The van der Waals surface area contributed by atoms with E-state index in [2.05, 4.69) is 19.2 Å². The van der Waals surface area contributed by atoms with Crippen LogP contribution in [0.4, 0.5) is 0 Å². The number of aliphatic carboxylic acids is 1. The molecule has 2 atom stereocenters. The quantitative estimate of drug-likeness (QED) is 0.667. The molecule has 0 radical (unpaired) electrons. The van der Waals surface area contributed by atoms with E-state index in [1.807, 2.05) is 6.92 Å². The third-order valence-corrected chi connectivity index (χ3v) is 2.08. The minimum absolute atomic E-state index is 0.286. The van der Waals surface area contributed by atoms with Crippen molar-refractivity contribution in [1.29, 1.82) is 0 Å². The number of rotatable bonds is 6. The molecule has 0 saturated heterocycles. The van der Waals surface area contributed by atoms with Crippen molar-refractivity contribution in [2.24, 2.45) is 5.92 Å². The second-order valence-electron chi connectivity index (χ2n) is 4.10. The largest absolute Gasteiger partial charge is 0.480 e. The van der Waals surface area contributed by atoms with Crippen molar-refractivity contribution in [3.8, 4) is 0 Å². The monoisotopic (exact) mass is 187 g/mol. The molecule has 0 aliphatic rings. The zero-order valence-corrected chi connectivity index (χ0v) is 9.00. The molecule has 3 heteroatoms. The molecular weight excluding hydrogens is 166 g/mol. The molecule has 0 spiro atoms. The zero-order chi connectivity index (χ0) is 10.4. The molecule has 0 heterocycles. The third kappa shape index (κ3) is 6.58. The fourth-order valence-electron chi connectivity index (χ4n) is 1.16. The van der Waals surface area contributed by atoms with Crippen LogP contribution in [0.15, 0.2) is 0 Å². The molecule has 0 aliphatic heterocycles. The van der Waals surface area contributed by atoms with Crippen molar-refractivity contribution in [3.63, 3.8) is 0 Å². The standard InChI is InChI=1S/C10H21NO2/c1-7(2)5-6-8(3)11-9(4)10(12)13/h7-9,11H,5-6H2,1-4H3,(H,12,13). The summed E-state index contributed by atoms with van der Waals surface area (Å²) in [5.74, 6) is -0.0965. The van der Waals surface area contributed by atoms with Crippen LogP contribution in [0.1, 0.15) is 40.5 Å². The lowest BCUT2D eigenvalue weighted by Gasteiger charge is -2.17. The van der Waals surface area contributed by atoms with Crippen LogP contribution in [-0.2, 0) is 4.79 Å². The first kappa shape index (κ1) is 12.4. The van der Waals surface area contributed by atoms with E-state index in [0.717, 1.165) is 12.8 Å². The zero-order valence-electron chi connectivity index (χ0n) is 9.00. The maximum Gasteiger partial charge on any atom is 0.320 e. The lowest BCUT2D eigenvalue weighted by atomic mass is 10.0. The van der Waals surface area contributed by atoms with Gasteiger partial charge in [0.2, 0.25) is 0 Å². The highest BCUT2D eigenvalue weighted by Gasteiger charge is 2.13. The van der Waals surface area contributed by atoms with Gasteiger partial charge in [0.1, 0.15) is 6.04 Å². The van der Waals surface area contributed by atoms with Gasteiger partial charge in [0.25, 0.3) is 0 Å². The van der Waals surface area contributed by atoms with Gasteiger partial charge in [0.15, 0.2) is 0 Å². The van der Waals surface area contributed by atoms with Crippen LogP contribution in [0.2, 0.25) is 0 Å². The van der Waals surface area contributed by atoms with Gasteiger partial charge in [0.05, 0.1) is 0 Å². The smallest absolute Gasteiger partial charge is 0.320 e. The Kier molecular flexibility index (Phi) is 5.71. The Morgan fingerprint density at radius 3 is 2.15 bits per heavy atom. The summed E-state index contributed by atoms with van der Waals surface area (Å²) >= 11 is 0. The van der Waals surface area contributed by atoms with Gasteiger partial charge in [-0.3, -0.25) is 4.79 Å². The Morgan fingerprint density at radius 2 is 1.77 bits per heavy atom. The average molecular weight is 187 g/mol. The Balaban J connectivity index is 3.61. The van der Waals surface area contributed by atoms with Crippen molar-refractivity contribution in [2.75, 3.05) is 0 Å². The van der Waals surface area contributed by atoms with Crippen molar-refractivity contribution >= 4 is 5.97 Å². The summed E-state index contributed by atoms with van der Waals surface area (Å²) in [6, 6.07) is -0.157. The topological polar surface area (TPSA) is 49.3 Å². The molecule has 2 unspecified atom stereocenters. The highest BCUT2D eigenvalue weighted by atomic mass is 16.4. The van der Waals surface area contributed by atoms with Crippen LogP contribution in [0.5, 0.6) is 0 Å². The second kappa shape index (κ2) is 5.97. The summed E-state index contributed by atoms with van der Waals surface area (Å²) in [4.78, 5) is 10.5. The molecule has 0 rings (SSSR count). The van der Waals surface area contributed by atoms with Crippen molar-refractivity contribution in [2.45, 2.75) is 52.6 Å². The van der Waals surface area contributed by atoms with Gasteiger partial charge >= 0.3 is 5.97 Å². The first-order valence-corrected chi connectivity index (χ1v) is 4.92. The Morgan fingerprint density at radius 1 is 1.23 bits per heavy atom. The minimum atomic E-state index is -0.781. The summed E-state index contributed by atoms with van der Waals surface area (Å²) in [6.07, 6.45) is 2.18. The summed E-state index contributed by atoms with van der Waals surface area (Å²) in [7, 11) is 0. The number of carboxylic acids is 1. The molecular formula is C10H21NO2. The maximum atomic E-state index is 10.5. The van der Waals surface area contributed by atoms with Gasteiger partial charge in [-0.25, -0.2) is 0 Å². The highest BCUT2D eigenvalue weighted by Crippen LogP contribution is 2.06. The predicted molar refractivity (Wildman–Crippen MR) is 53.8 cm³/mol. The van der Waals surface area contributed by atoms with E-state index in [1.54, 1.807) is 6.92 Å². The highest BCUT2D eigenvalue weighted by molar-refractivity contribution is 5.72. The van der Waals surface area contributed by atoms with Crippen LogP contribution in [-0.4, -0.2) is 23.2 Å². The van der Waals surface area contributed by atoms with Gasteiger partial charge in [-0.05, 0) is 32.6 Å². The van der Waals surface area contributed by atoms with Crippen molar-refractivity contribution < 1.29 is 9.90 Å². The van der Waals surface area contributed by atoms with Crippen molar-refractivity contribution in [1.82, 2.24) is 5.32 Å². The van der Waals surface area contributed by atoms with Crippen LogP contribution in [0.3, 0.4) is 0 Å². The van der Waals surface area contributed by atoms with Crippen LogP contribution in [0, 0.1) is 5.92 Å². The molecule has 78 valence electrons. The fourth-order valence-corrected chi connectivity index (χ4v) is 1.16. The molecule has 3 nitrogen and oxygen atoms in total. The normalized spacial score (nSPS) is 15.8. The van der Waals surface area contributed by atoms with Gasteiger partial charge < -0.3 is 10.4 Å². The predicted octanol–water partition coefficient (Wildman–Crippen LogP) is 1.87. The summed E-state index contributed by atoms with van der Waals surface area (Å²) < 4.78 is 0. The Hall–Kier alpha value is -0.570. The SMILES string of the molecule is CC(C)CCC(C)NC(C)C(=O)O. The first-order chi connectivity index (χ1) is 5.93. The number of hydrogen-bond acceptors (Lipinski definition) is 2. The van der Waals surface area contributed by atoms with Crippen LogP contribution < -0.4 is 5.32 Å². The van der Waals surface area contributed by atoms with Crippen LogP contribution in [0.25, 0.3) is 0 Å². The van der Waals surface area contributed by atoms with E-state index < -0.39 is 12.0 Å². The third-order valence-electron chi connectivity index (χ3n) is 2.08. The lowest BCUT2D eigenvalue weighted by Crippen LogP contribution is -2.39. The van der Waals surface area contributed by atoms with Gasteiger partial charge in [-0.1, -0.05) is 13.8 Å². The van der Waals surface area contributed by atoms with E-state index in [9.17, 15) is 4.79 Å². The van der Waals surface area contributed by atoms with Crippen LogP contribution >= 0.6 is 0 Å². The molecule has 0 aliphatic carbocycles. The van der Waals surface area contributed by atoms with Crippen molar-refractivity contribution in [3.05, 3.63) is 0 Å². The molecule has 2 N–H and O–H groups in total. The molecule has 0 aromatic rings. The van der Waals surface area contributed by atoms with E-state index in [1.165, 1.54) is 0 Å². The Labute approximate surface area is 80.5 Å². The maximum absolute atomic E-state index is 10.5. The molecule has 0 amide bonds. The molecule has 0 saturated carbocycles. The van der Waals surface area contributed by atoms with Gasteiger partial charge in [0, 0.05) is 6.04 Å². The number of nitrogens with one attached hydrogen (secondary N) is 1. The second-order valence-corrected chi connectivity index (χ2v) is 4.10. The van der Waals surface area contributed by atoms with E-state index in [-0.39, 0.29) is 6.04 Å². The summed E-state index contributed by atoms with van der Waals surface area (Å²) in [6.45, 7) is 8.05. The molecule has 0 bridgehead atoms. The average Bonchev–Trinajstić information content (AvgIpc) is 2.00. The van der Waals surface area contributed by atoms with E-state index in [4.69, 9.17) is 5.11 Å². The minimum Gasteiger partial charge on any atom is -0.480 e. The number of carboxylic acid groups (broad SMARTS) is 1. The summed E-state index contributed by atoms with van der Waals surface area (Å²) in [5.41, 5.74) is 0.